The van der Waals surface area contributed by atoms with Gasteiger partial charge in [0, 0.05) is 35.2 Å². The maximum atomic E-state index is 13.7. The molecule has 3 aliphatic rings. The number of hydrogen-bond donors (Lipinski definition) is 3. The summed E-state index contributed by atoms with van der Waals surface area (Å²) in [7, 11) is 0. The number of benzene rings is 1. The highest BCUT2D eigenvalue weighted by molar-refractivity contribution is 8.02. The largest absolute Gasteiger partial charge is 0.396 e. The van der Waals surface area contributed by atoms with Gasteiger partial charge in [-0.15, -0.1) is 11.8 Å². The molecule has 4 rings (SSSR count). The van der Waals surface area contributed by atoms with Crippen LogP contribution in [0.4, 0.5) is 5.69 Å². The molecule has 3 saturated heterocycles. The molecule has 7 nitrogen and oxygen atoms in total. The van der Waals surface area contributed by atoms with Gasteiger partial charge in [0.25, 0.3) is 0 Å². The molecule has 0 saturated carbocycles. The van der Waals surface area contributed by atoms with Gasteiger partial charge < -0.3 is 20.6 Å². The van der Waals surface area contributed by atoms with Crippen molar-refractivity contribution >= 4 is 46.8 Å². The molecule has 3 N–H and O–H groups in total. The highest BCUT2D eigenvalue weighted by Crippen LogP contribution is 2.71. The van der Waals surface area contributed by atoms with Crippen molar-refractivity contribution in [3.05, 3.63) is 29.3 Å². The lowest BCUT2D eigenvalue weighted by Crippen LogP contribution is -2.52. The third-order valence-corrected chi connectivity index (χ3v) is 9.26. The maximum absolute atomic E-state index is 13.7. The van der Waals surface area contributed by atoms with Crippen LogP contribution in [0.25, 0.3) is 0 Å². The number of halogens is 1. The molecule has 2 unspecified atom stereocenters. The lowest BCUT2D eigenvalue weighted by molar-refractivity contribution is -0.140. The van der Waals surface area contributed by atoms with Crippen molar-refractivity contribution in [1.29, 1.82) is 0 Å². The van der Waals surface area contributed by atoms with Crippen LogP contribution in [0, 0.1) is 11.8 Å². The molecule has 3 aliphatic heterocycles. The Morgan fingerprint density at radius 1 is 1.25 bits per heavy atom. The van der Waals surface area contributed by atoms with Gasteiger partial charge >= 0.3 is 0 Å². The molecule has 9 heteroatoms. The molecule has 3 heterocycles. The summed E-state index contributed by atoms with van der Waals surface area (Å²) < 4.78 is -1.02. The Morgan fingerprint density at radius 3 is 2.62 bits per heavy atom. The van der Waals surface area contributed by atoms with E-state index in [2.05, 4.69) is 17.6 Å². The summed E-state index contributed by atoms with van der Waals surface area (Å²) in [5, 5.41) is 15.9. The molecule has 1 aromatic rings. The molecule has 32 heavy (non-hydrogen) atoms. The summed E-state index contributed by atoms with van der Waals surface area (Å²) in [5.74, 6) is -1.51. The number of likely N-dealkylation sites (tertiary alicyclic amines) is 1. The number of anilines is 1. The molecule has 174 valence electrons. The van der Waals surface area contributed by atoms with Gasteiger partial charge in [-0.1, -0.05) is 18.5 Å². The molecule has 0 radical (unpaired) electrons. The molecule has 0 aliphatic carbocycles. The fourth-order valence-electron chi connectivity index (χ4n) is 5.71. The number of thioether (sulfide) groups is 1. The molecule has 3 fully saturated rings. The molecule has 1 aromatic carbocycles. The van der Waals surface area contributed by atoms with E-state index in [0.717, 1.165) is 12.8 Å². The molecular weight excluding hydrogens is 450 g/mol. The van der Waals surface area contributed by atoms with E-state index in [4.69, 9.17) is 11.6 Å². The van der Waals surface area contributed by atoms with E-state index in [1.807, 2.05) is 6.92 Å². The first-order valence-electron chi connectivity index (χ1n) is 11.2. The lowest BCUT2D eigenvalue weighted by atomic mass is 9.66. The van der Waals surface area contributed by atoms with Gasteiger partial charge in [0.1, 0.15) is 6.04 Å². The number of aliphatic hydroxyl groups excluding tert-OH is 1. The Kier molecular flexibility index (Phi) is 6.49. The van der Waals surface area contributed by atoms with Gasteiger partial charge in [-0.25, -0.2) is 0 Å². The van der Waals surface area contributed by atoms with E-state index < -0.39 is 22.6 Å². The van der Waals surface area contributed by atoms with Crippen LogP contribution in [0.1, 0.15) is 39.5 Å². The number of fused-ring (bicyclic) bond motifs is 1. The van der Waals surface area contributed by atoms with Crippen LogP contribution < -0.4 is 10.6 Å². The average molecular weight is 480 g/mol. The van der Waals surface area contributed by atoms with Crippen molar-refractivity contribution in [2.24, 2.45) is 11.8 Å². The number of nitrogens with zero attached hydrogens (tertiary/aromatic N) is 1. The zero-order chi connectivity index (χ0) is 23.1. The summed E-state index contributed by atoms with van der Waals surface area (Å²) >= 11 is 7.61. The van der Waals surface area contributed by atoms with Crippen LogP contribution in [0.5, 0.6) is 0 Å². The summed E-state index contributed by atoms with van der Waals surface area (Å²) in [6, 6.07) is 6.16. The SMILES string of the molecule is CCCNC(=O)[C@H]1[C@H]2C(=O)N(CCCO)C(C(=O)Nc3ccc(Cl)cc3)C23CC[C@]1(C)S3. The molecule has 2 bridgehead atoms. The fraction of sp³-hybridized carbons (Fsp3) is 0.609. The first kappa shape index (κ1) is 23.4. The zero-order valence-corrected chi connectivity index (χ0v) is 20.0. The second kappa shape index (κ2) is 8.88. The molecular formula is C23H30ClN3O4S. The Balaban J connectivity index is 1.68. The predicted molar refractivity (Wildman–Crippen MR) is 126 cm³/mol. The van der Waals surface area contributed by atoms with E-state index in [1.54, 1.807) is 40.9 Å². The van der Waals surface area contributed by atoms with E-state index in [1.165, 1.54) is 0 Å². The maximum Gasteiger partial charge on any atom is 0.248 e. The van der Waals surface area contributed by atoms with Crippen molar-refractivity contribution in [2.45, 2.75) is 55.1 Å². The van der Waals surface area contributed by atoms with Crippen LogP contribution in [0.15, 0.2) is 24.3 Å². The van der Waals surface area contributed by atoms with Gasteiger partial charge in [0.15, 0.2) is 0 Å². The summed E-state index contributed by atoms with van der Waals surface area (Å²) in [6.07, 6.45) is 2.69. The zero-order valence-electron chi connectivity index (χ0n) is 18.4. The van der Waals surface area contributed by atoms with Crippen molar-refractivity contribution < 1.29 is 19.5 Å². The number of carbonyl (C=O) groups is 3. The first-order valence-corrected chi connectivity index (χ1v) is 12.4. The van der Waals surface area contributed by atoms with E-state index in [9.17, 15) is 19.5 Å². The highest BCUT2D eigenvalue weighted by atomic mass is 35.5. The van der Waals surface area contributed by atoms with Gasteiger partial charge in [0.05, 0.1) is 16.6 Å². The predicted octanol–water partition coefficient (Wildman–Crippen LogP) is 2.67. The molecule has 0 aromatic heterocycles. The number of rotatable bonds is 8. The van der Waals surface area contributed by atoms with Crippen molar-refractivity contribution in [2.75, 3.05) is 25.0 Å². The average Bonchev–Trinajstić information content (AvgIpc) is 3.33. The first-order chi connectivity index (χ1) is 15.3. The Labute approximate surface area is 197 Å². The Bertz CT molecular complexity index is 913. The second-order valence-corrected chi connectivity index (χ2v) is 11.5. The minimum absolute atomic E-state index is 0.0712. The molecule has 3 amide bonds. The standard InChI is InChI=1S/C23H30ClN3O4S/c1-3-11-25-19(29)16-17-21(31)27(12-4-13-28)18(23(17)10-9-22(16,2)32-23)20(30)26-15-7-5-14(24)6-8-15/h5-8,16-18,28H,3-4,9-13H2,1-2H3,(H,25,29)(H,26,30)/t16-,17+,18?,22+,23?/m1/s1. The topological polar surface area (TPSA) is 98.7 Å². The van der Waals surface area contributed by atoms with Crippen LogP contribution >= 0.6 is 23.4 Å². The van der Waals surface area contributed by atoms with Crippen LogP contribution in [-0.4, -0.2) is 63.0 Å². The third-order valence-electron chi connectivity index (χ3n) is 7.03. The number of aliphatic hydroxyl groups is 1. The quantitative estimate of drug-likeness (QED) is 0.532. The van der Waals surface area contributed by atoms with Gasteiger partial charge in [0.2, 0.25) is 17.7 Å². The molecule has 5 atom stereocenters. The summed E-state index contributed by atoms with van der Waals surface area (Å²) in [4.78, 5) is 42.0. The van der Waals surface area contributed by atoms with E-state index in [0.29, 0.717) is 30.1 Å². The van der Waals surface area contributed by atoms with Crippen molar-refractivity contribution in [3.8, 4) is 0 Å². The Hall–Kier alpha value is -1.77. The van der Waals surface area contributed by atoms with Crippen molar-refractivity contribution in [3.63, 3.8) is 0 Å². The number of amides is 3. The molecule has 1 spiro atoms. The lowest BCUT2D eigenvalue weighted by Gasteiger charge is -2.34. The Morgan fingerprint density at radius 2 is 1.97 bits per heavy atom. The summed E-state index contributed by atoms with van der Waals surface area (Å²) in [6.45, 7) is 4.83. The van der Waals surface area contributed by atoms with Crippen LogP contribution in [0.3, 0.4) is 0 Å². The van der Waals surface area contributed by atoms with Crippen molar-refractivity contribution in [1.82, 2.24) is 10.2 Å². The van der Waals surface area contributed by atoms with Gasteiger partial charge in [-0.05, 0) is 56.9 Å². The number of carbonyl (C=O) groups excluding carboxylic acids is 3. The summed E-state index contributed by atoms with van der Waals surface area (Å²) in [5.41, 5.74) is 0.606. The third kappa shape index (κ3) is 3.70. The number of nitrogens with one attached hydrogen (secondary N) is 2. The minimum atomic E-state index is -0.696. The van der Waals surface area contributed by atoms with Gasteiger partial charge in [-0.3, -0.25) is 14.4 Å². The monoisotopic (exact) mass is 479 g/mol. The second-order valence-electron chi connectivity index (χ2n) is 9.12. The van der Waals surface area contributed by atoms with Crippen LogP contribution in [-0.2, 0) is 14.4 Å². The highest BCUT2D eigenvalue weighted by Gasteiger charge is 2.76. The normalized spacial score (nSPS) is 32.8. The smallest absolute Gasteiger partial charge is 0.248 e. The van der Waals surface area contributed by atoms with Crippen LogP contribution in [0.2, 0.25) is 5.02 Å². The fourth-order valence-corrected chi connectivity index (χ4v) is 8.19. The van der Waals surface area contributed by atoms with E-state index in [-0.39, 0.29) is 35.6 Å². The van der Waals surface area contributed by atoms with Gasteiger partial charge in [-0.2, -0.15) is 0 Å². The van der Waals surface area contributed by atoms with E-state index >= 15 is 0 Å². The number of hydrogen-bond acceptors (Lipinski definition) is 5. The minimum Gasteiger partial charge on any atom is -0.396 e.